The van der Waals surface area contributed by atoms with E-state index in [0.29, 0.717) is 45.6 Å². The van der Waals surface area contributed by atoms with Crippen LogP contribution in [-0.4, -0.2) is 43.0 Å². The predicted octanol–water partition coefficient (Wildman–Crippen LogP) is 0.137. The second kappa shape index (κ2) is 6.48. The smallest absolute Gasteiger partial charge is 0.224 e. The van der Waals surface area contributed by atoms with E-state index in [-0.39, 0.29) is 17.7 Å². The van der Waals surface area contributed by atoms with Crippen LogP contribution >= 0.6 is 0 Å². The van der Waals surface area contributed by atoms with Gasteiger partial charge in [-0.15, -0.1) is 0 Å². The van der Waals surface area contributed by atoms with Crippen molar-refractivity contribution in [3.05, 3.63) is 0 Å². The van der Waals surface area contributed by atoms with Crippen LogP contribution in [-0.2, 0) is 14.3 Å². The largest absolute Gasteiger partial charge is 0.381 e. The second-order valence-electron chi connectivity index (χ2n) is 4.00. The molecule has 1 heterocycles. The van der Waals surface area contributed by atoms with Crippen LogP contribution in [0.15, 0.2) is 0 Å². The van der Waals surface area contributed by atoms with E-state index in [9.17, 15) is 9.59 Å². The number of primary amides is 1. The van der Waals surface area contributed by atoms with Crippen molar-refractivity contribution >= 4 is 11.8 Å². The summed E-state index contributed by atoms with van der Waals surface area (Å²) < 4.78 is 5.13. The Morgan fingerprint density at radius 1 is 1.38 bits per heavy atom. The molecule has 1 aliphatic heterocycles. The molecule has 2 N–H and O–H groups in total. The number of likely N-dealkylation sites (tertiary alicyclic amines) is 1. The standard InChI is InChI=1S/C11H20N2O3/c1-2-16-8-5-10(14)13-6-3-9(4-7-13)11(12)15/h9H,2-8H2,1H3,(H2,12,15). The topological polar surface area (TPSA) is 72.6 Å². The Kier molecular flexibility index (Phi) is 5.25. The minimum absolute atomic E-state index is 0.0593. The van der Waals surface area contributed by atoms with Crippen molar-refractivity contribution in [2.45, 2.75) is 26.2 Å². The van der Waals surface area contributed by atoms with E-state index in [1.807, 2.05) is 6.92 Å². The number of carbonyl (C=O) groups is 2. The summed E-state index contributed by atoms with van der Waals surface area (Å²) in [5, 5.41) is 0. The molecule has 16 heavy (non-hydrogen) atoms. The molecular weight excluding hydrogens is 208 g/mol. The quantitative estimate of drug-likeness (QED) is 0.680. The summed E-state index contributed by atoms with van der Waals surface area (Å²) in [6, 6.07) is 0. The van der Waals surface area contributed by atoms with Gasteiger partial charge >= 0.3 is 0 Å². The number of hydrogen-bond donors (Lipinski definition) is 1. The first-order valence-electron chi connectivity index (χ1n) is 5.80. The minimum atomic E-state index is -0.249. The summed E-state index contributed by atoms with van der Waals surface area (Å²) in [4.78, 5) is 24.4. The summed E-state index contributed by atoms with van der Waals surface area (Å²) in [7, 11) is 0. The van der Waals surface area contributed by atoms with Crippen LogP contribution in [0.3, 0.4) is 0 Å². The van der Waals surface area contributed by atoms with E-state index in [1.54, 1.807) is 4.90 Å². The zero-order chi connectivity index (χ0) is 12.0. The normalized spacial score (nSPS) is 17.4. The van der Waals surface area contributed by atoms with E-state index < -0.39 is 0 Å². The van der Waals surface area contributed by atoms with Gasteiger partial charge in [0, 0.05) is 25.6 Å². The minimum Gasteiger partial charge on any atom is -0.381 e. The van der Waals surface area contributed by atoms with Crippen LogP contribution in [0.25, 0.3) is 0 Å². The molecule has 1 fully saturated rings. The van der Waals surface area contributed by atoms with Gasteiger partial charge in [0.25, 0.3) is 0 Å². The Bertz CT molecular complexity index is 248. The van der Waals surface area contributed by atoms with Gasteiger partial charge in [0.2, 0.25) is 11.8 Å². The van der Waals surface area contributed by atoms with Gasteiger partial charge in [-0.05, 0) is 19.8 Å². The van der Waals surface area contributed by atoms with Gasteiger partial charge in [-0.25, -0.2) is 0 Å². The van der Waals surface area contributed by atoms with E-state index in [4.69, 9.17) is 10.5 Å². The molecule has 0 aromatic heterocycles. The molecule has 0 bridgehead atoms. The van der Waals surface area contributed by atoms with Crippen LogP contribution in [0.4, 0.5) is 0 Å². The molecule has 0 unspecified atom stereocenters. The average Bonchev–Trinajstić information content (AvgIpc) is 2.29. The Morgan fingerprint density at radius 3 is 2.50 bits per heavy atom. The van der Waals surface area contributed by atoms with Gasteiger partial charge in [0.1, 0.15) is 0 Å². The molecule has 92 valence electrons. The molecule has 0 atom stereocenters. The molecule has 1 saturated heterocycles. The SMILES string of the molecule is CCOCCC(=O)N1CCC(C(N)=O)CC1. The third-order valence-electron chi connectivity index (χ3n) is 2.91. The maximum absolute atomic E-state index is 11.7. The first-order chi connectivity index (χ1) is 7.65. The molecule has 0 saturated carbocycles. The van der Waals surface area contributed by atoms with Crippen LogP contribution in [0.5, 0.6) is 0 Å². The highest BCUT2D eigenvalue weighted by molar-refractivity contribution is 5.78. The number of ether oxygens (including phenoxy) is 1. The van der Waals surface area contributed by atoms with Crippen LogP contribution in [0.1, 0.15) is 26.2 Å². The van der Waals surface area contributed by atoms with Crippen molar-refractivity contribution in [3.8, 4) is 0 Å². The summed E-state index contributed by atoms with van der Waals surface area (Å²) in [5.74, 6) is -0.200. The van der Waals surface area contributed by atoms with E-state index >= 15 is 0 Å². The molecule has 0 spiro atoms. The van der Waals surface area contributed by atoms with Gasteiger partial charge in [0.15, 0.2) is 0 Å². The van der Waals surface area contributed by atoms with Gasteiger partial charge in [0.05, 0.1) is 13.0 Å². The number of piperidine rings is 1. The maximum Gasteiger partial charge on any atom is 0.224 e. The summed E-state index contributed by atoms with van der Waals surface area (Å²) >= 11 is 0. The van der Waals surface area contributed by atoms with Gasteiger partial charge in [-0.2, -0.15) is 0 Å². The van der Waals surface area contributed by atoms with Crippen molar-refractivity contribution in [1.82, 2.24) is 4.90 Å². The maximum atomic E-state index is 11.7. The number of amides is 2. The van der Waals surface area contributed by atoms with E-state index in [1.165, 1.54) is 0 Å². The monoisotopic (exact) mass is 228 g/mol. The highest BCUT2D eigenvalue weighted by atomic mass is 16.5. The van der Waals surface area contributed by atoms with Crippen molar-refractivity contribution in [2.75, 3.05) is 26.3 Å². The predicted molar refractivity (Wildman–Crippen MR) is 59.6 cm³/mol. The second-order valence-corrected chi connectivity index (χ2v) is 4.00. The molecule has 0 aliphatic carbocycles. The van der Waals surface area contributed by atoms with Crippen LogP contribution in [0, 0.1) is 5.92 Å². The lowest BCUT2D eigenvalue weighted by molar-refractivity contribution is -0.135. The summed E-state index contributed by atoms with van der Waals surface area (Å²) in [6.45, 7) is 4.29. The Labute approximate surface area is 95.9 Å². The van der Waals surface area contributed by atoms with Crippen molar-refractivity contribution < 1.29 is 14.3 Å². The van der Waals surface area contributed by atoms with Gasteiger partial charge in [-0.3, -0.25) is 9.59 Å². The van der Waals surface area contributed by atoms with Crippen molar-refractivity contribution in [1.29, 1.82) is 0 Å². The lowest BCUT2D eigenvalue weighted by Crippen LogP contribution is -2.42. The van der Waals surface area contributed by atoms with E-state index in [0.717, 1.165) is 0 Å². The van der Waals surface area contributed by atoms with Crippen LogP contribution in [0.2, 0.25) is 0 Å². The molecule has 1 rings (SSSR count). The number of carbonyl (C=O) groups excluding carboxylic acids is 2. The number of hydrogen-bond acceptors (Lipinski definition) is 3. The molecule has 0 aromatic rings. The highest BCUT2D eigenvalue weighted by Gasteiger charge is 2.25. The molecular formula is C11H20N2O3. The zero-order valence-electron chi connectivity index (χ0n) is 9.78. The van der Waals surface area contributed by atoms with Crippen molar-refractivity contribution in [2.24, 2.45) is 11.7 Å². The Hall–Kier alpha value is -1.10. The summed E-state index contributed by atoms with van der Waals surface area (Å²) in [5.41, 5.74) is 5.22. The molecule has 1 aliphatic rings. The lowest BCUT2D eigenvalue weighted by Gasteiger charge is -2.30. The number of nitrogens with zero attached hydrogens (tertiary/aromatic N) is 1. The van der Waals surface area contributed by atoms with Crippen LogP contribution < -0.4 is 5.73 Å². The Morgan fingerprint density at radius 2 is 2.00 bits per heavy atom. The molecule has 0 aromatic carbocycles. The average molecular weight is 228 g/mol. The first kappa shape index (κ1) is 13.0. The first-order valence-corrected chi connectivity index (χ1v) is 5.80. The Balaban J connectivity index is 2.25. The van der Waals surface area contributed by atoms with E-state index in [2.05, 4.69) is 0 Å². The lowest BCUT2D eigenvalue weighted by atomic mass is 9.96. The molecule has 5 heteroatoms. The fourth-order valence-electron chi connectivity index (χ4n) is 1.88. The molecule has 5 nitrogen and oxygen atoms in total. The molecule has 2 amide bonds. The molecule has 0 radical (unpaired) electrons. The number of nitrogens with two attached hydrogens (primary N) is 1. The van der Waals surface area contributed by atoms with Gasteiger partial charge in [-0.1, -0.05) is 0 Å². The fraction of sp³-hybridized carbons (Fsp3) is 0.818. The number of rotatable bonds is 5. The third kappa shape index (κ3) is 3.81. The zero-order valence-corrected chi connectivity index (χ0v) is 9.78. The highest BCUT2D eigenvalue weighted by Crippen LogP contribution is 2.17. The van der Waals surface area contributed by atoms with Gasteiger partial charge < -0.3 is 15.4 Å². The summed E-state index contributed by atoms with van der Waals surface area (Å²) in [6.07, 6.45) is 1.81. The van der Waals surface area contributed by atoms with Crippen molar-refractivity contribution in [3.63, 3.8) is 0 Å². The third-order valence-corrected chi connectivity index (χ3v) is 2.91. The fourth-order valence-corrected chi connectivity index (χ4v) is 1.88.